The molecule has 136 valence electrons. The van der Waals surface area contributed by atoms with Crippen LogP contribution in [-0.4, -0.2) is 61.6 Å². The number of anilines is 1. The summed E-state index contributed by atoms with van der Waals surface area (Å²) in [5.41, 5.74) is 2.31. The first-order valence-electron chi connectivity index (χ1n) is 9.68. The lowest BCUT2D eigenvalue weighted by Crippen LogP contribution is -2.41. The highest BCUT2D eigenvalue weighted by Crippen LogP contribution is 2.34. The Labute approximate surface area is 150 Å². The van der Waals surface area contributed by atoms with Crippen molar-refractivity contribution in [3.8, 4) is 5.75 Å². The molecule has 0 saturated carbocycles. The van der Waals surface area contributed by atoms with E-state index in [9.17, 15) is 4.79 Å². The number of rotatable bonds is 4. The molecule has 0 aromatic heterocycles. The average Bonchev–Trinajstić information content (AvgIpc) is 3.27. The number of carbonyl (C=O) groups excluding carboxylic acids is 1. The van der Waals surface area contributed by atoms with Gasteiger partial charge in [0.15, 0.2) is 0 Å². The van der Waals surface area contributed by atoms with Gasteiger partial charge in [0.1, 0.15) is 5.75 Å². The highest BCUT2D eigenvalue weighted by atomic mass is 16.5. The summed E-state index contributed by atoms with van der Waals surface area (Å²) in [6.45, 7) is 6.09. The van der Waals surface area contributed by atoms with Crippen LogP contribution in [-0.2, 0) is 11.3 Å². The van der Waals surface area contributed by atoms with E-state index in [-0.39, 0.29) is 5.91 Å². The lowest BCUT2D eigenvalue weighted by molar-refractivity contribution is -0.119. The van der Waals surface area contributed by atoms with Crippen LogP contribution in [0.15, 0.2) is 18.2 Å². The SMILES string of the molecule is COc1ccc2c(c1)CN1CCCC1CN2C(=O)CCN1CCCC1. The summed E-state index contributed by atoms with van der Waals surface area (Å²) in [6.07, 6.45) is 5.61. The minimum atomic E-state index is 0.270. The Morgan fingerprint density at radius 3 is 2.84 bits per heavy atom. The van der Waals surface area contributed by atoms with E-state index in [1.165, 1.54) is 31.2 Å². The summed E-state index contributed by atoms with van der Waals surface area (Å²) < 4.78 is 5.41. The average molecular weight is 343 g/mol. The number of ether oxygens (including phenoxy) is 1. The number of benzene rings is 1. The van der Waals surface area contributed by atoms with Crippen molar-refractivity contribution in [2.75, 3.05) is 44.7 Å². The predicted molar refractivity (Wildman–Crippen MR) is 99.1 cm³/mol. The summed E-state index contributed by atoms with van der Waals surface area (Å²) in [5.74, 6) is 1.15. The van der Waals surface area contributed by atoms with E-state index in [1.807, 2.05) is 6.07 Å². The number of fused-ring (bicyclic) bond motifs is 2. The van der Waals surface area contributed by atoms with Gasteiger partial charge in [0.05, 0.1) is 7.11 Å². The Balaban J connectivity index is 1.55. The smallest absolute Gasteiger partial charge is 0.228 e. The van der Waals surface area contributed by atoms with E-state index in [0.29, 0.717) is 12.5 Å². The zero-order valence-corrected chi connectivity index (χ0v) is 15.2. The van der Waals surface area contributed by atoms with Crippen LogP contribution in [0.2, 0.25) is 0 Å². The van der Waals surface area contributed by atoms with Gasteiger partial charge in [-0.2, -0.15) is 0 Å². The Morgan fingerprint density at radius 2 is 2.04 bits per heavy atom. The zero-order chi connectivity index (χ0) is 17.2. The lowest BCUT2D eigenvalue weighted by Gasteiger charge is -2.27. The van der Waals surface area contributed by atoms with Gasteiger partial charge in [0.2, 0.25) is 5.91 Å². The van der Waals surface area contributed by atoms with Crippen molar-refractivity contribution >= 4 is 11.6 Å². The van der Waals surface area contributed by atoms with Crippen LogP contribution in [0.4, 0.5) is 5.69 Å². The van der Waals surface area contributed by atoms with Gasteiger partial charge in [0.25, 0.3) is 0 Å². The van der Waals surface area contributed by atoms with Crippen LogP contribution >= 0.6 is 0 Å². The van der Waals surface area contributed by atoms with Crippen LogP contribution in [0, 0.1) is 0 Å². The molecule has 0 bridgehead atoms. The van der Waals surface area contributed by atoms with Gasteiger partial charge in [-0.05, 0) is 69.1 Å². The molecule has 0 radical (unpaired) electrons. The molecule has 3 aliphatic rings. The molecule has 1 aromatic carbocycles. The molecule has 3 aliphatic heterocycles. The van der Waals surface area contributed by atoms with E-state index in [1.54, 1.807) is 7.11 Å². The van der Waals surface area contributed by atoms with E-state index >= 15 is 0 Å². The standard InChI is InChI=1S/C20H29N3O2/c1-25-18-6-7-19-16(13-18)14-22-11-4-5-17(22)15-23(19)20(24)8-12-21-9-2-3-10-21/h6-7,13,17H,2-5,8-12,14-15H2,1H3. The maximum absolute atomic E-state index is 13.1. The second-order valence-corrected chi connectivity index (χ2v) is 7.56. The van der Waals surface area contributed by atoms with Gasteiger partial charge in [-0.3, -0.25) is 9.69 Å². The number of amides is 1. The largest absolute Gasteiger partial charge is 0.497 e. The summed E-state index contributed by atoms with van der Waals surface area (Å²) in [7, 11) is 1.70. The summed E-state index contributed by atoms with van der Waals surface area (Å²) in [5, 5.41) is 0. The molecular formula is C20H29N3O2. The van der Waals surface area contributed by atoms with E-state index in [2.05, 4.69) is 26.8 Å². The van der Waals surface area contributed by atoms with Gasteiger partial charge >= 0.3 is 0 Å². The van der Waals surface area contributed by atoms with Gasteiger partial charge in [-0.25, -0.2) is 0 Å². The Bertz CT molecular complexity index is 627. The Kier molecular flexibility index (Phi) is 4.95. The molecule has 0 spiro atoms. The van der Waals surface area contributed by atoms with Crippen molar-refractivity contribution in [1.29, 1.82) is 0 Å². The minimum absolute atomic E-state index is 0.270. The second kappa shape index (κ2) is 7.34. The van der Waals surface area contributed by atoms with Gasteiger partial charge < -0.3 is 14.5 Å². The van der Waals surface area contributed by atoms with E-state index in [4.69, 9.17) is 4.74 Å². The maximum atomic E-state index is 13.1. The third kappa shape index (κ3) is 3.53. The Hall–Kier alpha value is -1.59. The maximum Gasteiger partial charge on any atom is 0.228 e. The fraction of sp³-hybridized carbons (Fsp3) is 0.650. The molecule has 1 aromatic rings. The minimum Gasteiger partial charge on any atom is -0.497 e. The molecule has 4 rings (SSSR count). The molecule has 5 heteroatoms. The first kappa shape index (κ1) is 16.9. The fourth-order valence-electron chi connectivity index (χ4n) is 4.55. The number of carbonyl (C=O) groups is 1. The third-order valence-electron chi connectivity index (χ3n) is 5.98. The lowest BCUT2D eigenvalue weighted by atomic mass is 10.1. The summed E-state index contributed by atoms with van der Waals surface area (Å²) in [4.78, 5) is 20.1. The molecule has 3 heterocycles. The van der Waals surface area contributed by atoms with Crippen molar-refractivity contribution in [2.45, 2.75) is 44.7 Å². The third-order valence-corrected chi connectivity index (χ3v) is 5.98. The fourth-order valence-corrected chi connectivity index (χ4v) is 4.55. The topological polar surface area (TPSA) is 36.0 Å². The van der Waals surface area contributed by atoms with Gasteiger partial charge in [-0.15, -0.1) is 0 Å². The number of likely N-dealkylation sites (tertiary alicyclic amines) is 1. The molecule has 1 amide bonds. The quantitative estimate of drug-likeness (QED) is 0.842. The van der Waals surface area contributed by atoms with Crippen LogP contribution in [0.25, 0.3) is 0 Å². The van der Waals surface area contributed by atoms with E-state index in [0.717, 1.165) is 50.7 Å². The second-order valence-electron chi connectivity index (χ2n) is 7.56. The van der Waals surface area contributed by atoms with Crippen molar-refractivity contribution < 1.29 is 9.53 Å². The normalized spacial score (nSPS) is 24.0. The van der Waals surface area contributed by atoms with E-state index < -0.39 is 0 Å². The number of hydrogen-bond acceptors (Lipinski definition) is 4. The van der Waals surface area contributed by atoms with Crippen molar-refractivity contribution in [2.24, 2.45) is 0 Å². The number of nitrogens with zero attached hydrogens (tertiary/aromatic N) is 3. The van der Waals surface area contributed by atoms with Gasteiger partial charge in [-0.1, -0.05) is 0 Å². The molecule has 5 nitrogen and oxygen atoms in total. The molecule has 1 unspecified atom stereocenters. The van der Waals surface area contributed by atoms with Crippen molar-refractivity contribution in [1.82, 2.24) is 9.80 Å². The molecule has 25 heavy (non-hydrogen) atoms. The Morgan fingerprint density at radius 1 is 1.20 bits per heavy atom. The molecule has 0 N–H and O–H groups in total. The van der Waals surface area contributed by atoms with Crippen molar-refractivity contribution in [3.05, 3.63) is 23.8 Å². The summed E-state index contributed by atoms with van der Waals surface area (Å²) >= 11 is 0. The predicted octanol–water partition coefficient (Wildman–Crippen LogP) is 2.49. The van der Waals surface area contributed by atoms with Crippen LogP contribution in [0.5, 0.6) is 5.75 Å². The zero-order valence-electron chi connectivity index (χ0n) is 15.2. The molecule has 2 saturated heterocycles. The molecule has 0 aliphatic carbocycles. The monoisotopic (exact) mass is 343 g/mol. The van der Waals surface area contributed by atoms with Crippen molar-refractivity contribution in [3.63, 3.8) is 0 Å². The first-order valence-corrected chi connectivity index (χ1v) is 9.68. The van der Waals surface area contributed by atoms with Gasteiger partial charge in [0, 0.05) is 37.8 Å². The van der Waals surface area contributed by atoms with Crippen LogP contribution in [0.3, 0.4) is 0 Å². The van der Waals surface area contributed by atoms with Crippen LogP contribution < -0.4 is 9.64 Å². The molecule has 1 atom stereocenters. The summed E-state index contributed by atoms with van der Waals surface area (Å²) in [6, 6.07) is 6.66. The number of methoxy groups -OCH3 is 1. The number of hydrogen-bond donors (Lipinski definition) is 0. The highest BCUT2D eigenvalue weighted by molar-refractivity contribution is 5.94. The first-order chi connectivity index (χ1) is 12.2. The van der Waals surface area contributed by atoms with Crippen LogP contribution in [0.1, 0.15) is 37.7 Å². The highest BCUT2D eigenvalue weighted by Gasteiger charge is 2.33. The molecule has 2 fully saturated rings. The molecular weight excluding hydrogens is 314 g/mol.